The summed E-state index contributed by atoms with van der Waals surface area (Å²) in [5.41, 5.74) is 0.658. The highest BCUT2D eigenvalue weighted by atomic mass is 32.1. The Kier molecular flexibility index (Phi) is 5.29. The lowest BCUT2D eigenvalue weighted by atomic mass is 10.1. The molecule has 2 aromatic heterocycles. The molecule has 6 nitrogen and oxygen atoms in total. The van der Waals surface area contributed by atoms with E-state index in [-0.39, 0.29) is 11.5 Å². The second-order valence-electron chi connectivity index (χ2n) is 6.03. The molecule has 2 heterocycles. The summed E-state index contributed by atoms with van der Waals surface area (Å²) in [6.45, 7) is 2.52. The number of hydrogen-bond donors (Lipinski definition) is 0. The smallest absolute Gasteiger partial charge is 0.291 e. The van der Waals surface area contributed by atoms with E-state index >= 15 is 0 Å². The molecule has 3 aromatic rings. The fourth-order valence-corrected chi connectivity index (χ4v) is 4.10. The highest BCUT2D eigenvalue weighted by Crippen LogP contribution is 2.40. The summed E-state index contributed by atoms with van der Waals surface area (Å²) >= 11 is 1.28. The van der Waals surface area contributed by atoms with Crippen LogP contribution in [0.2, 0.25) is 0 Å². The number of unbranched alkanes of at least 4 members (excludes halogenated alkanes) is 1. The van der Waals surface area contributed by atoms with Crippen LogP contribution in [0, 0.1) is 0 Å². The van der Waals surface area contributed by atoms with Crippen molar-refractivity contribution in [3.63, 3.8) is 0 Å². The van der Waals surface area contributed by atoms with Gasteiger partial charge in [0, 0.05) is 19.5 Å². The summed E-state index contributed by atoms with van der Waals surface area (Å²) in [6, 6.07) is 7.67. The van der Waals surface area contributed by atoms with Crippen LogP contribution < -0.4 is 10.3 Å². The van der Waals surface area contributed by atoms with Crippen molar-refractivity contribution in [3.8, 4) is 5.75 Å². The molecule has 0 aliphatic heterocycles. The molecule has 0 radical (unpaired) electrons. The molecule has 0 aliphatic rings. The summed E-state index contributed by atoms with van der Waals surface area (Å²) in [5.74, 6) is 0.0324. The van der Waals surface area contributed by atoms with Crippen LogP contribution >= 0.6 is 11.3 Å². The van der Waals surface area contributed by atoms with E-state index < -0.39 is 0 Å². The van der Waals surface area contributed by atoms with Crippen molar-refractivity contribution in [2.75, 3.05) is 20.8 Å². The lowest BCUT2D eigenvalue weighted by molar-refractivity contribution is -0.0755. The zero-order valence-electron chi connectivity index (χ0n) is 15.4. The quantitative estimate of drug-likeness (QED) is 0.489. The van der Waals surface area contributed by atoms with E-state index in [0.29, 0.717) is 22.6 Å². The molecule has 3 rings (SSSR count). The molecule has 1 amide bonds. The lowest BCUT2D eigenvalue weighted by Gasteiger charge is -2.14. The van der Waals surface area contributed by atoms with Crippen molar-refractivity contribution < 1.29 is 14.4 Å². The van der Waals surface area contributed by atoms with Crippen molar-refractivity contribution in [2.45, 2.75) is 19.8 Å². The van der Waals surface area contributed by atoms with Crippen LogP contribution in [0.4, 0.5) is 0 Å². The number of hydroxylamine groups is 2. The van der Waals surface area contributed by atoms with Gasteiger partial charge >= 0.3 is 0 Å². The SMILES string of the molecule is CCCCOc1c(C(=O)N(C)OC)sc2c1c(=O)n(C)c1ccccc21. The number of para-hydroxylation sites is 1. The van der Waals surface area contributed by atoms with Crippen LogP contribution in [0.25, 0.3) is 21.0 Å². The van der Waals surface area contributed by atoms with Gasteiger partial charge in [0.05, 0.1) is 23.9 Å². The number of rotatable bonds is 6. The highest BCUT2D eigenvalue weighted by molar-refractivity contribution is 7.22. The maximum Gasteiger partial charge on any atom is 0.291 e. The molecular formula is C19H22N2O4S. The maximum absolute atomic E-state index is 13.0. The number of thiophene rings is 1. The van der Waals surface area contributed by atoms with Gasteiger partial charge in [-0.05, 0) is 12.5 Å². The number of nitrogens with zero attached hydrogens (tertiary/aromatic N) is 2. The van der Waals surface area contributed by atoms with Gasteiger partial charge in [-0.3, -0.25) is 14.4 Å². The van der Waals surface area contributed by atoms with Gasteiger partial charge in [0.15, 0.2) is 5.75 Å². The Balaban J connectivity index is 2.34. The number of fused-ring (bicyclic) bond motifs is 3. The molecule has 0 spiro atoms. The minimum Gasteiger partial charge on any atom is -0.491 e. The number of amides is 1. The van der Waals surface area contributed by atoms with Crippen LogP contribution in [0.15, 0.2) is 29.1 Å². The molecule has 138 valence electrons. The third-order valence-electron chi connectivity index (χ3n) is 4.39. The van der Waals surface area contributed by atoms with E-state index in [0.717, 1.165) is 33.5 Å². The zero-order chi connectivity index (χ0) is 18.8. The number of ether oxygens (including phenoxy) is 1. The molecule has 0 atom stereocenters. The maximum atomic E-state index is 13.0. The molecule has 26 heavy (non-hydrogen) atoms. The standard InChI is InChI=1S/C19H22N2O4S/c1-5-6-11-25-15-14-16(26-17(15)19(23)21(3)24-4)12-9-7-8-10-13(12)20(2)18(14)22/h7-10H,5-6,11H2,1-4H3. The van der Waals surface area contributed by atoms with Gasteiger partial charge in [-0.2, -0.15) is 0 Å². The first-order chi connectivity index (χ1) is 12.5. The molecule has 1 aromatic carbocycles. The van der Waals surface area contributed by atoms with Gasteiger partial charge in [0.1, 0.15) is 10.3 Å². The molecular weight excluding hydrogens is 352 g/mol. The number of benzene rings is 1. The summed E-state index contributed by atoms with van der Waals surface area (Å²) in [6.07, 6.45) is 1.81. The number of carbonyl (C=O) groups is 1. The monoisotopic (exact) mass is 374 g/mol. The normalized spacial score (nSPS) is 11.2. The topological polar surface area (TPSA) is 60.8 Å². The average Bonchev–Trinajstić information content (AvgIpc) is 3.04. The Bertz CT molecular complexity index is 1020. The second-order valence-corrected chi connectivity index (χ2v) is 7.05. The summed E-state index contributed by atoms with van der Waals surface area (Å²) in [7, 11) is 4.70. The predicted octanol–water partition coefficient (Wildman–Crippen LogP) is 3.57. The van der Waals surface area contributed by atoms with Gasteiger partial charge in [0.2, 0.25) is 0 Å². The van der Waals surface area contributed by atoms with Crippen molar-refractivity contribution in [1.82, 2.24) is 9.63 Å². The average molecular weight is 374 g/mol. The number of aryl methyl sites for hydroxylation is 1. The molecule has 0 saturated heterocycles. The largest absolute Gasteiger partial charge is 0.491 e. The van der Waals surface area contributed by atoms with Crippen molar-refractivity contribution >= 4 is 38.2 Å². The zero-order valence-corrected chi connectivity index (χ0v) is 16.2. The third kappa shape index (κ3) is 2.97. The van der Waals surface area contributed by atoms with E-state index in [1.54, 1.807) is 18.7 Å². The molecule has 0 fully saturated rings. The Labute approximate surface area is 155 Å². The molecule has 0 unspecified atom stereocenters. The van der Waals surface area contributed by atoms with E-state index in [1.807, 2.05) is 24.3 Å². The summed E-state index contributed by atoms with van der Waals surface area (Å²) in [4.78, 5) is 31.2. The van der Waals surface area contributed by atoms with Gasteiger partial charge in [-0.25, -0.2) is 5.06 Å². The van der Waals surface area contributed by atoms with Gasteiger partial charge in [-0.15, -0.1) is 11.3 Å². The number of pyridine rings is 1. The molecule has 0 saturated carbocycles. The first kappa shape index (κ1) is 18.4. The van der Waals surface area contributed by atoms with Crippen molar-refractivity contribution in [3.05, 3.63) is 39.5 Å². The van der Waals surface area contributed by atoms with E-state index in [2.05, 4.69) is 6.92 Å². The fourth-order valence-electron chi connectivity index (χ4n) is 2.86. The minimum atomic E-state index is -0.327. The third-order valence-corrected chi connectivity index (χ3v) is 5.58. The Hall–Kier alpha value is -2.38. The number of hydrogen-bond acceptors (Lipinski definition) is 5. The van der Waals surface area contributed by atoms with E-state index in [4.69, 9.17) is 9.57 Å². The van der Waals surface area contributed by atoms with Crippen LogP contribution in [-0.4, -0.2) is 36.3 Å². The molecule has 7 heteroatoms. The molecule has 0 bridgehead atoms. The minimum absolute atomic E-state index is 0.166. The first-order valence-corrected chi connectivity index (χ1v) is 9.32. The van der Waals surface area contributed by atoms with Crippen LogP contribution in [0.1, 0.15) is 29.4 Å². The van der Waals surface area contributed by atoms with E-state index in [9.17, 15) is 9.59 Å². The molecule has 0 aliphatic carbocycles. The predicted molar refractivity (Wildman–Crippen MR) is 104 cm³/mol. The summed E-state index contributed by atoms with van der Waals surface area (Å²) < 4.78 is 8.29. The van der Waals surface area contributed by atoms with Gasteiger partial charge in [0.25, 0.3) is 11.5 Å². The summed E-state index contributed by atoms with van der Waals surface area (Å²) in [5, 5.41) is 2.53. The number of aromatic nitrogens is 1. The number of carbonyl (C=O) groups excluding carboxylic acids is 1. The molecule has 0 N–H and O–H groups in total. The van der Waals surface area contributed by atoms with Crippen LogP contribution in [0.3, 0.4) is 0 Å². The Morgan fingerprint density at radius 1 is 1.31 bits per heavy atom. The van der Waals surface area contributed by atoms with Crippen LogP contribution in [-0.2, 0) is 11.9 Å². The van der Waals surface area contributed by atoms with Crippen molar-refractivity contribution in [1.29, 1.82) is 0 Å². The lowest BCUT2D eigenvalue weighted by Crippen LogP contribution is -2.25. The van der Waals surface area contributed by atoms with Gasteiger partial charge < -0.3 is 9.30 Å². The fraction of sp³-hybridized carbons (Fsp3) is 0.368. The second kappa shape index (κ2) is 7.47. The van der Waals surface area contributed by atoms with Crippen molar-refractivity contribution in [2.24, 2.45) is 7.05 Å². The first-order valence-electron chi connectivity index (χ1n) is 8.50. The van der Waals surface area contributed by atoms with Crippen LogP contribution in [0.5, 0.6) is 5.75 Å². The highest BCUT2D eigenvalue weighted by Gasteiger charge is 2.26. The Morgan fingerprint density at radius 3 is 2.73 bits per heavy atom. The Morgan fingerprint density at radius 2 is 2.04 bits per heavy atom. The van der Waals surface area contributed by atoms with E-state index in [1.165, 1.54) is 18.4 Å². The van der Waals surface area contributed by atoms with Gasteiger partial charge in [-0.1, -0.05) is 31.5 Å².